The summed E-state index contributed by atoms with van der Waals surface area (Å²) in [6, 6.07) is 0. The molecule has 3 nitrogen and oxygen atoms in total. The van der Waals surface area contributed by atoms with Gasteiger partial charge >= 0.3 is 0 Å². The molecule has 1 saturated heterocycles. The molecule has 0 aliphatic carbocycles. The maximum absolute atomic E-state index is 4.94. The zero-order valence-corrected chi connectivity index (χ0v) is 6.62. The highest BCUT2D eigenvalue weighted by atomic mass is 16.6. The lowest BCUT2D eigenvalue weighted by Crippen LogP contribution is -2.16. The van der Waals surface area contributed by atoms with Crippen LogP contribution in [0.2, 0.25) is 0 Å². The summed E-state index contributed by atoms with van der Waals surface area (Å²) in [5, 5.41) is 0. The number of ether oxygens (including phenoxy) is 3. The molecule has 0 N–H and O–H groups in total. The van der Waals surface area contributed by atoms with Crippen LogP contribution in [0.25, 0.3) is 0 Å². The summed E-state index contributed by atoms with van der Waals surface area (Å²) in [6.45, 7) is 4.00. The van der Waals surface area contributed by atoms with Gasteiger partial charge in [-0.15, -0.1) is 0 Å². The molecule has 2 rings (SSSR count). The van der Waals surface area contributed by atoms with E-state index in [9.17, 15) is 0 Å². The summed E-state index contributed by atoms with van der Waals surface area (Å²) in [5.74, 6) is 0. The zero-order chi connectivity index (χ0) is 7.78. The quantitative estimate of drug-likeness (QED) is 0.525. The van der Waals surface area contributed by atoms with Crippen LogP contribution in [0, 0.1) is 0 Å². The number of rotatable bonds is 0. The van der Waals surface area contributed by atoms with Crippen molar-refractivity contribution in [2.45, 2.75) is 6.42 Å². The van der Waals surface area contributed by atoms with Crippen molar-refractivity contribution in [3.63, 3.8) is 0 Å². The second-order valence-electron chi connectivity index (χ2n) is 2.26. The molecule has 0 amide bonds. The van der Waals surface area contributed by atoms with Gasteiger partial charge in [0.15, 0.2) is 0 Å². The van der Waals surface area contributed by atoms with Crippen molar-refractivity contribution >= 4 is 0 Å². The second-order valence-corrected chi connectivity index (χ2v) is 2.26. The highest BCUT2D eigenvalue weighted by Crippen LogP contribution is 1.93. The maximum Gasteiger partial charge on any atom is 0.0908 e. The molecule has 0 radical (unpaired) electrons. The first-order chi connectivity index (χ1) is 5.50. The van der Waals surface area contributed by atoms with Crippen LogP contribution in [0.4, 0.5) is 0 Å². The van der Waals surface area contributed by atoms with Gasteiger partial charge in [0.25, 0.3) is 0 Å². The first kappa shape index (κ1) is 8.56. The molecule has 0 saturated carbocycles. The fourth-order valence-corrected chi connectivity index (χ4v) is 0.780. The summed E-state index contributed by atoms with van der Waals surface area (Å²) in [4.78, 5) is 0. The van der Waals surface area contributed by atoms with E-state index in [1.807, 2.05) is 6.08 Å². The van der Waals surface area contributed by atoms with Crippen LogP contribution >= 0.6 is 0 Å². The Hall–Kier alpha value is -0.540. The van der Waals surface area contributed by atoms with Gasteiger partial charge in [-0.1, -0.05) is 0 Å². The van der Waals surface area contributed by atoms with E-state index in [-0.39, 0.29) is 0 Å². The van der Waals surface area contributed by atoms with Gasteiger partial charge < -0.3 is 14.2 Å². The van der Waals surface area contributed by atoms with E-state index < -0.39 is 0 Å². The average molecular weight is 158 g/mol. The Morgan fingerprint density at radius 3 is 1.64 bits per heavy atom. The molecule has 0 bridgehead atoms. The normalized spacial score (nSPS) is 21.8. The molecule has 64 valence electrons. The molecule has 0 aromatic carbocycles. The summed E-state index contributed by atoms with van der Waals surface area (Å²) >= 11 is 0. The van der Waals surface area contributed by atoms with Crippen LogP contribution in [0.5, 0.6) is 0 Å². The van der Waals surface area contributed by atoms with E-state index in [1.54, 1.807) is 6.26 Å². The van der Waals surface area contributed by atoms with Gasteiger partial charge in [-0.2, -0.15) is 0 Å². The largest absolute Gasteiger partial charge is 0.501 e. The summed E-state index contributed by atoms with van der Waals surface area (Å²) in [5.41, 5.74) is 0. The Kier molecular flexibility index (Phi) is 4.81. The average Bonchev–Trinajstić information content (AvgIpc) is 2.64. The fourth-order valence-electron chi connectivity index (χ4n) is 0.780. The predicted molar refractivity (Wildman–Crippen MR) is 41.3 cm³/mol. The van der Waals surface area contributed by atoms with Crippen molar-refractivity contribution in [3.05, 3.63) is 12.3 Å². The van der Waals surface area contributed by atoms with Gasteiger partial charge in [0.1, 0.15) is 0 Å². The van der Waals surface area contributed by atoms with Crippen molar-refractivity contribution in [1.82, 2.24) is 0 Å². The van der Waals surface area contributed by atoms with E-state index in [1.165, 1.54) is 0 Å². The van der Waals surface area contributed by atoms with Gasteiger partial charge in [0, 0.05) is 6.42 Å². The zero-order valence-electron chi connectivity index (χ0n) is 6.62. The molecule has 2 heterocycles. The summed E-state index contributed by atoms with van der Waals surface area (Å²) in [7, 11) is 0. The Morgan fingerprint density at radius 1 is 0.818 bits per heavy atom. The molecular formula is C8H14O3. The van der Waals surface area contributed by atoms with E-state index >= 15 is 0 Å². The molecular weight excluding hydrogens is 144 g/mol. The standard InChI is InChI=1S/C4H8O2.C4H6O/c1-2-6-4-3-5-1;1-2-4-5-3-1/h1-4H2;1,3H,2,4H2. The van der Waals surface area contributed by atoms with Crippen molar-refractivity contribution in [2.75, 3.05) is 33.0 Å². The van der Waals surface area contributed by atoms with Gasteiger partial charge in [0.2, 0.25) is 0 Å². The monoisotopic (exact) mass is 158 g/mol. The van der Waals surface area contributed by atoms with Crippen molar-refractivity contribution in [1.29, 1.82) is 0 Å². The molecule has 0 unspecified atom stereocenters. The van der Waals surface area contributed by atoms with E-state index in [0.717, 1.165) is 39.5 Å². The Labute approximate surface area is 66.9 Å². The Balaban J connectivity index is 0.000000112. The fraction of sp³-hybridized carbons (Fsp3) is 0.750. The molecule has 11 heavy (non-hydrogen) atoms. The highest BCUT2D eigenvalue weighted by molar-refractivity contribution is 4.78. The second kappa shape index (κ2) is 6.19. The molecule has 0 aromatic heterocycles. The van der Waals surface area contributed by atoms with Crippen molar-refractivity contribution < 1.29 is 14.2 Å². The Morgan fingerprint density at radius 2 is 1.45 bits per heavy atom. The molecule has 2 aliphatic rings. The van der Waals surface area contributed by atoms with E-state index in [0.29, 0.717) is 0 Å². The van der Waals surface area contributed by atoms with Gasteiger partial charge in [-0.25, -0.2) is 0 Å². The third-order valence-electron chi connectivity index (χ3n) is 1.34. The molecule has 0 aromatic rings. The van der Waals surface area contributed by atoms with Crippen LogP contribution in [0.15, 0.2) is 12.3 Å². The summed E-state index contributed by atoms with van der Waals surface area (Å²) in [6.07, 6.45) is 4.85. The summed E-state index contributed by atoms with van der Waals surface area (Å²) < 4.78 is 14.7. The maximum atomic E-state index is 4.94. The molecule has 0 atom stereocenters. The lowest BCUT2D eigenvalue weighted by Gasteiger charge is -2.09. The lowest BCUT2D eigenvalue weighted by atomic mass is 10.5. The van der Waals surface area contributed by atoms with Crippen molar-refractivity contribution in [2.24, 2.45) is 0 Å². The third-order valence-corrected chi connectivity index (χ3v) is 1.34. The highest BCUT2D eigenvalue weighted by Gasteiger charge is 1.94. The van der Waals surface area contributed by atoms with Crippen LogP contribution in [0.3, 0.4) is 0 Å². The van der Waals surface area contributed by atoms with Gasteiger partial charge in [-0.05, 0) is 6.08 Å². The van der Waals surface area contributed by atoms with E-state index in [2.05, 4.69) is 0 Å². The minimum absolute atomic E-state index is 0.778. The van der Waals surface area contributed by atoms with E-state index in [4.69, 9.17) is 14.2 Å². The minimum atomic E-state index is 0.778. The van der Waals surface area contributed by atoms with Gasteiger partial charge in [0.05, 0.1) is 39.3 Å². The number of hydrogen-bond donors (Lipinski definition) is 0. The first-order valence-electron chi connectivity index (χ1n) is 3.92. The smallest absolute Gasteiger partial charge is 0.0908 e. The number of hydrogen-bond acceptors (Lipinski definition) is 3. The molecule has 3 heteroatoms. The van der Waals surface area contributed by atoms with Crippen molar-refractivity contribution in [3.8, 4) is 0 Å². The topological polar surface area (TPSA) is 27.7 Å². The molecule has 1 fully saturated rings. The van der Waals surface area contributed by atoms with Crippen LogP contribution in [0.1, 0.15) is 6.42 Å². The van der Waals surface area contributed by atoms with Crippen LogP contribution in [-0.4, -0.2) is 33.0 Å². The third kappa shape index (κ3) is 4.81. The first-order valence-corrected chi connectivity index (χ1v) is 3.92. The minimum Gasteiger partial charge on any atom is -0.501 e. The Bertz CT molecular complexity index is 90.4. The van der Waals surface area contributed by atoms with Crippen LogP contribution < -0.4 is 0 Å². The van der Waals surface area contributed by atoms with Gasteiger partial charge in [-0.3, -0.25) is 0 Å². The molecule has 0 spiro atoms. The SMILES string of the molecule is C1=COCC1.C1COCCO1. The lowest BCUT2D eigenvalue weighted by molar-refractivity contribution is -0.0334. The van der Waals surface area contributed by atoms with Crippen LogP contribution in [-0.2, 0) is 14.2 Å². The molecule has 2 aliphatic heterocycles. The predicted octanol–water partition coefficient (Wildman–Crippen LogP) is 0.954.